The number of nitrogens with one attached hydrogen (secondary N) is 2. The van der Waals surface area contributed by atoms with Gasteiger partial charge in [0.05, 0.1) is 11.9 Å². The SMILES string of the molecule is Cc1cc2cc(NN=C(C#N)C#N)cnc2[nH]1. The highest BCUT2D eigenvalue weighted by atomic mass is 15.3. The minimum atomic E-state index is -0.227. The Morgan fingerprint density at radius 3 is 2.88 bits per heavy atom. The van der Waals surface area contributed by atoms with E-state index in [1.807, 2.05) is 19.1 Å². The molecule has 0 unspecified atom stereocenters. The van der Waals surface area contributed by atoms with Crippen LogP contribution in [0.25, 0.3) is 11.0 Å². The van der Waals surface area contributed by atoms with Crippen molar-refractivity contribution < 1.29 is 0 Å². The van der Waals surface area contributed by atoms with E-state index < -0.39 is 0 Å². The van der Waals surface area contributed by atoms with Gasteiger partial charge in [-0.3, -0.25) is 5.43 Å². The van der Waals surface area contributed by atoms with Crippen LogP contribution in [0.3, 0.4) is 0 Å². The third-order valence-corrected chi connectivity index (χ3v) is 2.11. The summed E-state index contributed by atoms with van der Waals surface area (Å²) in [4.78, 5) is 7.27. The van der Waals surface area contributed by atoms with Gasteiger partial charge in [-0.15, -0.1) is 0 Å². The van der Waals surface area contributed by atoms with Crippen LogP contribution in [0.5, 0.6) is 0 Å². The van der Waals surface area contributed by atoms with Crippen LogP contribution < -0.4 is 5.43 Å². The lowest BCUT2D eigenvalue weighted by Gasteiger charge is -1.98. The number of anilines is 1. The summed E-state index contributed by atoms with van der Waals surface area (Å²) in [5, 5.41) is 21.6. The smallest absolute Gasteiger partial charge is 0.237 e. The first-order chi connectivity index (χ1) is 8.22. The van der Waals surface area contributed by atoms with Gasteiger partial charge in [0.2, 0.25) is 5.71 Å². The summed E-state index contributed by atoms with van der Waals surface area (Å²) in [6.45, 7) is 1.94. The van der Waals surface area contributed by atoms with Crippen LogP contribution in [0.1, 0.15) is 5.69 Å². The quantitative estimate of drug-likeness (QED) is 0.598. The third-order valence-electron chi connectivity index (χ3n) is 2.11. The van der Waals surface area contributed by atoms with E-state index >= 15 is 0 Å². The van der Waals surface area contributed by atoms with Gasteiger partial charge >= 0.3 is 0 Å². The predicted molar refractivity (Wildman–Crippen MR) is 63.1 cm³/mol. The summed E-state index contributed by atoms with van der Waals surface area (Å²) >= 11 is 0. The van der Waals surface area contributed by atoms with E-state index in [1.54, 1.807) is 18.3 Å². The average Bonchev–Trinajstić information content (AvgIpc) is 2.69. The second-order valence-corrected chi connectivity index (χ2v) is 3.41. The molecule has 0 saturated heterocycles. The van der Waals surface area contributed by atoms with Crippen LogP contribution in [0.2, 0.25) is 0 Å². The molecule has 2 aromatic heterocycles. The summed E-state index contributed by atoms with van der Waals surface area (Å²) in [6.07, 6.45) is 1.58. The van der Waals surface area contributed by atoms with Crippen molar-refractivity contribution >= 4 is 22.4 Å². The van der Waals surface area contributed by atoms with Crippen molar-refractivity contribution in [1.82, 2.24) is 9.97 Å². The molecular formula is C11H8N6. The van der Waals surface area contributed by atoms with Crippen LogP contribution in [-0.4, -0.2) is 15.7 Å². The van der Waals surface area contributed by atoms with E-state index in [9.17, 15) is 0 Å². The Morgan fingerprint density at radius 2 is 2.18 bits per heavy atom. The molecule has 17 heavy (non-hydrogen) atoms. The van der Waals surface area contributed by atoms with Crippen LogP contribution >= 0.6 is 0 Å². The van der Waals surface area contributed by atoms with E-state index in [-0.39, 0.29) is 5.71 Å². The van der Waals surface area contributed by atoms with Gasteiger partial charge in [0, 0.05) is 11.1 Å². The number of H-pyrrole nitrogens is 1. The fraction of sp³-hybridized carbons (Fsp3) is 0.0909. The van der Waals surface area contributed by atoms with Crippen molar-refractivity contribution in [3.63, 3.8) is 0 Å². The zero-order chi connectivity index (χ0) is 12.3. The first-order valence-electron chi connectivity index (χ1n) is 4.82. The van der Waals surface area contributed by atoms with Crippen molar-refractivity contribution in [1.29, 1.82) is 10.5 Å². The number of hydrogen-bond donors (Lipinski definition) is 2. The Balaban J connectivity index is 2.29. The predicted octanol–water partition coefficient (Wildman–Crippen LogP) is 1.69. The summed E-state index contributed by atoms with van der Waals surface area (Å²) < 4.78 is 0. The first kappa shape index (κ1) is 10.7. The summed E-state index contributed by atoms with van der Waals surface area (Å²) in [6, 6.07) is 7.11. The largest absolute Gasteiger partial charge is 0.344 e. The van der Waals surface area contributed by atoms with Gasteiger partial charge in [0.15, 0.2) is 0 Å². The molecular weight excluding hydrogens is 216 g/mol. The number of aryl methyl sites for hydroxylation is 1. The topological polar surface area (TPSA) is 101 Å². The molecule has 0 aromatic carbocycles. The molecule has 0 saturated carbocycles. The normalized spacial score (nSPS) is 9.35. The zero-order valence-corrected chi connectivity index (χ0v) is 9.02. The number of rotatable bonds is 2. The van der Waals surface area contributed by atoms with Crippen molar-refractivity contribution in [2.24, 2.45) is 5.10 Å². The summed E-state index contributed by atoms with van der Waals surface area (Å²) in [5.41, 5.74) is 4.82. The van der Waals surface area contributed by atoms with E-state index in [2.05, 4.69) is 20.5 Å². The van der Waals surface area contributed by atoms with Crippen LogP contribution in [0.15, 0.2) is 23.4 Å². The molecule has 0 spiro atoms. The number of nitrogens with zero attached hydrogens (tertiary/aromatic N) is 4. The Kier molecular flexibility index (Phi) is 2.71. The monoisotopic (exact) mass is 224 g/mol. The maximum Gasteiger partial charge on any atom is 0.237 e. The van der Waals surface area contributed by atoms with E-state index in [4.69, 9.17) is 10.5 Å². The van der Waals surface area contributed by atoms with Gasteiger partial charge in [-0.05, 0) is 19.1 Å². The number of hydrazone groups is 1. The second kappa shape index (κ2) is 4.33. The van der Waals surface area contributed by atoms with Crippen LogP contribution in [0.4, 0.5) is 5.69 Å². The van der Waals surface area contributed by atoms with Gasteiger partial charge in [-0.1, -0.05) is 0 Å². The highest BCUT2D eigenvalue weighted by molar-refractivity contribution is 6.10. The molecule has 0 aliphatic carbocycles. The highest BCUT2D eigenvalue weighted by Gasteiger charge is 2.00. The van der Waals surface area contributed by atoms with E-state index in [0.29, 0.717) is 5.69 Å². The lowest BCUT2D eigenvalue weighted by molar-refractivity contribution is 1.24. The van der Waals surface area contributed by atoms with Crippen LogP contribution in [0, 0.1) is 29.6 Å². The van der Waals surface area contributed by atoms with Gasteiger partial charge in [0.1, 0.15) is 17.8 Å². The number of nitriles is 2. The molecule has 0 atom stereocenters. The Morgan fingerprint density at radius 1 is 1.41 bits per heavy atom. The highest BCUT2D eigenvalue weighted by Crippen LogP contribution is 2.17. The van der Waals surface area contributed by atoms with Crippen molar-refractivity contribution in [3.05, 3.63) is 24.0 Å². The Labute approximate surface area is 97.2 Å². The van der Waals surface area contributed by atoms with Gasteiger partial charge < -0.3 is 4.98 Å². The fourth-order valence-corrected chi connectivity index (χ4v) is 1.41. The maximum absolute atomic E-state index is 8.52. The molecule has 2 aromatic rings. The molecule has 0 aliphatic rings. The maximum atomic E-state index is 8.52. The number of hydrogen-bond acceptors (Lipinski definition) is 5. The third kappa shape index (κ3) is 2.21. The number of pyridine rings is 1. The second-order valence-electron chi connectivity index (χ2n) is 3.41. The molecule has 0 fully saturated rings. The minimum absolute atomic E-state index is 0.227. The number of aromatic amines is 1. The molecule has 0 aliphatic heterocycles. The van der Waals surface area contributed by atoms with Gasteiger partial charge in [-0.25, -0.2) is 4.98 Å². The fourth-order valence-electron chi connectivity index (χ4n) is 1.41. The Hall–Kier alpha value is -2.86. The molecule has 0 radical (unpaired) electrons. The van der Waals surface area contributed by atoms with E-state index in [0.717, 1.165) is 16.7 Å². The average molecular weight is 224 g/mol. The first-order valence-corrected chi connectivity index (χ1v) is 4.82. The minimum Gasteiger partial charge on any atom is -0.344 e. The summed E-state index contributed by atoms with van der Waals surface area (Å²) in [7, 11) is 0. The van der Waals surface area contributed by atoms with E-state index in [1.165, 1.54) is 0 Å². The summed E-state index contributed by atoms with van der Waals surface area (Å²) in [5.74, 6) is 0. The molecule has 0 bridgehead atoms. The Bertz CT molecular complexity index is 651. The lowest BCUT2D eigenvalue weighted by atomic mass is 10.3. The molecule has 0 amide bonds. The molecule has 82 valence electrons. The van der Waals surface area contributed by atoms with Crippen molar-refractivity contribution in [2.75, 3.05) is 5.43 Å². The molecule has 6 nitrogen and oxygen atoms in total. The van der Waals surface area contributed by atoms with Gasteiger partial charge in [0.25, 0.3) is 0 Å². The lowest BCUT2D eigenvalue weighted by Crippen LogP contribution is -1.96. The van der Waals surface area contributed by atoms with Crippen LogP contribution in [-0.2, 0) is 0 Å². The van der Waals surface area contributed by atoms with Gasteiger partial charge in [-0.2, -0.15) is 15.6 Å². The standard InChI is InChI=1S/C11H8N6/c1-7-2-8-3-9(6-14-11(8)15-7)16-17-10(4-12)5-13/h2-3,6,16H,1H3,(H,14,15). The molecule has 2 N–H and O–H groups in total. The zero-order valence-electron chi connectivity index (χ0n) is 9.02. The molecule has 6 heteroatoms. The number of aromatic nitrogens is 2. The number of fused-ring (bicyclic) bond motifs is 1. The molecule has 2 rings (SSSR count). The van der Waals surface area contributed by atoms with Crippen molar-refractivity contribution in [3.8, 4) is 12.1 Å². The van der Waals surface area contributed by atoms with Crippen molar-refractivity contribution in [2.45, 2.75) is 6.92 Å². The molecule has 2 heterocycles.